The van der Waals surface area contributed by atoms with Crippen LogP contribution in [0, 0.1) is 0 Å². The third kappa shape index (κ3) is 3.65. The van der Waals surface area contributed by atoms with E-state index in [-0.39, 0.29) is 17.4 Å². The molecular weight excluding hydrogens is 411 g/mol. The first-order valence-electron chi connectivity index (χ1n) is 9.66. The standard InChI is InChI=1S/C21H16F3N5O2/c22-21(23,24)17-10-12(6-8-25-17)20-28-18-15(4-1-5-16(18)31-20)27-19(30)13-9-14-3-2-7-26-29(14)11-13/h2-3,6-11,15H,1,4-5H2,(H,27,30)/t15-/m0/s1. The van der Waals surface area contributed by atoms with Crippen LogP contribution in [0.5, 0.6) is 0 Å². The lowest BCUT2D eigenvalue weighted by atomic mass is 9.96. The van der Waals surface area contributed by atoms with E-state index in [0.717, 1.165) is 24.2 Å². The second-order valence-electron chi connectivity index (χ2n) is 7.30. The Morgan fingerprint density at radius 1 is 1.23 bits per heavy atom. The highest BCUT2D eigenvalue weighted by Gasteiger charge is 2.33. The van der Waals surface area contributed by atoms with Crippen LogP contribution < -0.4 is 5.32 Å². The molecule has 5 rings (SSSR count). The third-order valence-electron chi connectivity index (χ3n) is 5.19. The van der Waals surface area contributed by atoms with Crippen LogP contribution >= 0.6 is 0 Å². The summed E-state index contributed by atoms with van der Waals surface area (Å²) in [5.41, 5.74) is 0.964. The Labute approximate surface area is 173 Å². The number of aryl methyl sites for hydroxylation is 1. The minimum atomic E-state index is -4.56. The van der Waals surface area contributed by atoms with E-state index >= 15 is 0 Å². The van der Waals surface area contributed by atoms with Crippen molar-refractivity contribution in [3.8, 4) is 11.5 Å². The van der Waals surface area contributed by atoms with E-state index in [1.54, 1.807) is 29.0 Å². The van der Waals surface area contributed by atoms with Crippen LogP contribution in [0.2, 0.25) is 0 Å². The first-order valence-corrected chi connectivity index (χ1v) is 9.66. The fraction of sp³-hybridized carbons (Fsp3) is 0.238. The molecule has 0 radical (unpaired) electrons. The molecule has 0 bridgehead atoms. The molecule has 0 saturated carbocycles. The van der Waals surface area contributed by atoms with Crippen molar-refractivity contribution in [1.82, 2.24) is 24.9 Å². The number of aromatic nitrogens is 4. The first kappa shape index (κ1) is 19.3. The van der Waals surface area contributed by atoms with E-state index < -0.39 is 17.9 Å². The number of pyridine rings is 1. The molecule has 0 fully saturated rings. The van der Waals surface area contributed by atoms with Crippen LogP contribution in [0.15, 0.2) is 53.3 Å². The number of amides is 1. The van der Waals surface area contributed by atoms with Crippen molar-refractivity contribution in [2.45, 2.75) is 31.5 Å². The Morgan fingerprint density at radius 3 is 2.90 bits per heavy atom. The summed E-state index contributed by atoms with van der Waals surface area (Å²) in [7, 11) is 0. The second kappa shape index (κ2) is 7.22. The molecule has 1 aliphatic rings. The number of halogens is 3. The molecular formula is C21H16F3N5O2. The van der Waals surface area contributed by atoms with Crippen LogP contribution in [-0.4, -0.2) is 25.5 Å². The Hall–Kier alpha value is -3.69. The van der Waals surface area contributed by atoms with Crippen molar-refractivity contribution < 1.29 is 22.4 Å². The molecule has 0 spiro atoms. The van der Waals surface area contributed by atoms with Gasteiger partial charge >= 0.3 is 6.18 Å². The van der Waals surface area contributed by atoms with Crippen LogP contribution in [0.4, 0.5) is 13.2 Å². The molecule has 7 nitrogen and oxygen atoms in total. The number of hydrogen-bond acceptors (Lipinski definition) is 5. The SMILES string of the molecule is O=C(N[C@H]1CCCc2oc(-c3ccnc(C(F)(F)F)c3)nc21)c1cc2cccnn2c1. The summed E-state index contributed by atoms with van der Waals surface area (Å²) in [6, 6.07) is 7.29. The number of hydrogen-bond donors (Lipinski definition) is 1. The maximum Gasteiger partial charge on any atom is 0.433 e. The fourth-order valence-corrected chi connectivity index (χ4v) is 3.71. The molecule has 1 atom stereocenters. The Balaban J connectivity index is 1.42. The van der Waals surface area contributed by atoms with E-state index in [1.807, 2.05) is 6.07 Å². The van der Waals surface area contributed by atoms with Gasteiger partial charge in [-0.25, -0.2) is 9.50 Å². The minimum absolute atomic E-state index is 0.0813. The van der Waals surface area contributed by atoms with Gasteiger partial charge in [0.15, 0.2) is 0 Å². The van der Waals surface area contributed by atoms with Crippen molar-refractivity contribution in [1.29, 1.82) is 0 Å². The number of rotatable bonds is 3. The number of nitrogens with zero attached hydrogens (tertiary/aromatic N) is 4. The predicted molar refractivity (Wildman–Crippen MR) is 103 cm³/mol. The zero-order valence-electron chi connectivity index (χ0n) is 16.1. The lowest BCUT2D eigenvalue weighted by molar-refractivity contribution is -0.141. The second-order valence-corrected chi connectivity index (χ2v) is 7.30. The van der Waals surface area contributed by atoms with Crippen molar-refractivity contribution in [3.63, 3.8) is 0 Å². The van der Waals surface area contributed by atoms with E-state index in [1.165, 1.54) is 6.07 Å². The number of carbonyl (C=O) groups is 1. The summed E-state index contributed by atoms with van der Waals surface area (Å²) < 4.78 is 46.3. The molecule has 0 unspecified atom stereocenters. The minimum Gasteiger partial charge on any atom is -0.441 e. The smallest absolute Gasteiger partial charge is 0.433 e. The zero-order chi connectivity index (χ0) is 21.6. The van der Waals surface area contributed by atoms with Gasteiger partial charge in [-0.05, 0) is 43.2 Å². The topological polar surface area (TPSA) is 85.3 Å². The van der Waals surface area contributed by atoms with Gasteiger partial charge in [0, 0.05) is 30.6 Å². The summed E-state index contributed by atoms with van der Waals surface area (Å²) in [4.78, 5) is 20.6. The monoisotopic (exact) mass is 427 g/mol. The number of carbonyl (C=O) groups excluding carboxylic acids is 1. The van der Waals surface area contributed by atoms with Gasteiger partial charge in [-0.2, -0.15) is 18.3 Å². The molecule has 31 heavy (non-hydrogen) atoms. The highest BCUT2D eigenvalue weighted by molar-refractivity contribution is 5.95. The quantitative estimate of drug-likeness (QED) is 0.529. The van der Waals surface area contributed by atoms with Crippen LogP contribution in [-0.2, 0) is 12.6 Å². The summed E-state index contributed by atoms with van der Waals surface area (Å²) >= 11 is 0. The molecule has 4 heterocycles. The maximum absolute atomic E-state index is 13.0. The molecule has 1 amide bonds. The molecule has 10 heteroatoms. The number of alkyl halides is 3. The van der Waals surface area contributed by atoms with Gasteiger partial charge in [-0.3, -0.25) is 9.78 Å². The average Bonchev–Trinajstić information content (AvgIpc) is 3.38. The molecule has 4 aromatic rings. The van der Waals surface area contributed by atoms with Gasteiger partial charge < -0.3 is 9.73 Å². The highest BCUT2D eigenvalue weighted by Crippen LogP contribution is 2.35. The van der Waals surface area contributed by atoms with Gasteiger partial charge in [0.1, 0.15) is 17.1 Å². The molecule has 0 aliphatic heterocycles. The van der Waals surface area contributed by atoms with Gasteiger partial charge in [-0.1, -0.05) is 0 Å². The molecule has 0 saturated heterocycles. The Bertz CT molecular complexity index is 1240. The summed E-state index contributed by atoms with van der Waals surface area (Å²) in [6.45, 7) is 0. The van der Waals surface area contributed by atoms with Crippen LogP contribution in [0.25, 0.3) is 17.0 Å². The first-order chi connectivity index (χ1) is 14.9. The molecule has 1 N–H and O–H groups in total. The fourth-order valence-electron chi connectivity index (χ4n) is 3.71. The average molecular weight is 427 g/mol. The van der Waals surface area contributed by atoms with Gasteiger partial charge in [-0.15, -0.1) is 0 Å². The van der Waals surface area contributed by atoms with E-state index in [9.17, 15) is 18.0 Å². The third-order valence-corrected chi connectivity index (χ3v) is 5.19. The van der Waals surface area contributed by atoms with Crippen molar-refractivity contribution >= 4 is 11.4 Å². The van der Waals surface area contributed by atoms with Gasteiger partial charge in [0.05, 0.1) is 17.1 Å². The van der Waals surface area contributed by atoms with E-state index in [0.29, 0.717) is 29.9 Å². The van der Waals surface area contributed by atoms with E-state index in [4.69, 9.17) is 4.42 Å². The molecule has 0 aromatic carbocycles. The normalized spacial score (nSPS) is 16.3. The van der Waals surface area contributed by atoms with Crippen LogP contribution in [0.3, 0.4) is 0 Å². The van der Waals surface area contributed by atoms with Gasteiger partial charge in [0.2, 0.25) is 5.89 Å². The van der Waals surface area contributed by atoms with Crippen molar-refractivity contribution in [3.05, 3.63) is 71.6 Å². The van der Waals surface area contributed by atoms with Gasteiger partial charge in [0.25, 0.3) is 5.91 Å². The van der Waals surface area contributed by atoms with Crippen LogP contribution in [0.1, 0.15) is 46.4 Å². The van der Waals surface area contributed by atoms with Crippen molar-refractivity contribution in [2.24, 2.45) is 0 Å². The Kier molecular flexibility index (Phi) is 4.49. The highest BCUT2D eigenvalue weighted by atomic mass is 19.4. The maximum atomic E-state index is 13.0. The molecule has 158 valence electrons. The number of nitrogens with one attached hydrogen (secondary N) is 1. The van der Waals surface area contributed by atoms with E-state index in [2.05, 4.69) is 20.4 Å². The molecule has 1 aliphatic carbocycles. The predicted octanol–water partition coefficient (Wildman–Crippen LogP) is 4.21. The summed E-state index contributed by atoms with van der Waals surface area (Å²) in [5, 5.41) is 7.11. The number of oxazole rings is 1. The number of fused-ring (bicyclic) bond motifs is 2. The molecule has 4 aromatic heterocycles. The van der Waals surface area contributed by atoms with Crippen molar-refractivity contribution in [2.75, 3.05) is 0 Å². The lowest BCUT2D eigenvalue weighted by Crippen LogP contribution is -2.30. The zero-order valence-corrected chi connectivity index (χ0v) is 16.1. The Morgan fingerprint density at radius 2 is 2.10 bits per heavy atom. The lowest BCUT2D eigenvalue weighted by Gasteiger charge is -2.21. The summed E-state index contributed by atoms with van der Waals surface area (Å²) in [5.74, 6) is 0.370. The largest absolute Gasteiger partial charge is 0.441 e. The summed E-state index contributed by atoms with van der Waals surface area (Å²) in [6.07, 6.45) is 1.80.